The van der Waals surface area contributed by atoms with E-state index in [-0.39, 0.29) is 17.1 Å². The number of carboxylic acids is 1. The van der Waals surface area contributed by atoms with E-state index in [1.807, 2.05) is 0 Å². The molecule has 4 nitrogen and oxygen atoms in total. The molecule has 0 atom stereocenters. The number of halogens is 2. The Morgan fingerprint density at radius 1 is 1.39 bits per heavy atom. The molecule has 2 rings (SSSR count). The van der Waals surface area contributed by atoms with Crippen LogP contribution in [0.4, 0.5) is 4.39 Å². The standard InChI is InChI=1S/C12H7BrFNO3/c13-7-4-8(6-15-5-7)18-11-9(12(16)17)2-1-3-10(11)14/h1-6H,(H,16,17). The minimum Gasteiger partial charge on any atom is -0.478 e. The monoisotopic (exact) mass is 311 g/mol. The summed E-state index contributed by atoms with van der Waals surface area (Å²) < 4.78 is 19.5. The molecule has 0 aliphatic carbocycles. The van der Waals surface area contributed by atoms with Gasteiger partial charge in [-0.25, -0.2) is 9.18 Å². The Morgan fingerprint density at radius 3 is 2.83 bits per heavy atom. The van der Waals surface area contributed by atoms with Gasteiger partial charge in [-0.2, -0.15) is 0 Å². The average Bonchev–Trinajstić information content (AvgIpc) is 2.31. The van der Waals surface area contributed by atoms with E-state index in [4.69, 9.17) is 9.84 Å². The van der Waals surface area contributed by atoms with E-state index in [2.05, 4.69) is 20.9 Å². The third kappa shape index (κ3) is 2.65. The Kier molecular flexibility index (Phi) is 3.57. The van der Waals surface area contributed by atoms with Crippen molar-refractivity contribution in [3.8, 4) is 11.5 Å². The number of carbonyl (C=O) groups is 1. The number of para-hydroxylation sites is 1. The SMILES string of the molecule is O=C(O)c1cccc(F)c1Oc1cncc(Br)c1. The van der Waals surface area contributed by atoms with Crippen LogP contribution in [0.3, 0.4) is 0 Å². The third-order valence-corrected chi connectivity index (χ3v) is 2.53. The normalized spacial score (nSPS) is 10.1. The average molecular weight is 312 g/mol. The van der Waals surface area contributed by atoms with Crippen LogP contribution in [0.15, 0.2) is 41.1 Å². The highest BCUT2D eigenvalue weighted by molar-refractivity contribution is 9.10. The van der Waals surface area contributed by atoms with Crippen molar-refractivity contribution < 1.29 is 19.0 Å². The minimum absolute atomic E-state index is 0.241. The number of aromatic carboxylic acids is 1. The van der Waals surface area contributed by atoms with E-state index >= 15 is 0 Å². The predicted molar refractivity (Wildman–Crippen MR) is 65.4 cm³/mol. The van der Waals surface area contributed by atoms with Crippen LogP contribution >= 0.6 is 15.9 Å². The van der Waals surface area contributed by atoms with Gasteiger partial charge in [-0.1, -0.05) is 6.07 Å². The number of aromatic nitrogens is 1. The van der Waals surface area contributed by atoms with Gasteiger partial charge in [0.25, 0.3) is 0 Å². The molecule has 1 aromatic carbocycles. The van der Waals surface area contributed by atoms with Gasteiger partial charge in [-0.05, 0) is 34.1 Å². The molecule has 0 bridgehead atoms. The fourth-order valence-corrected chi connectivity index (χ4v) is 1.69. The van der Waals surface area contributed by atoms with Gasteiger partial charge < -0.3 is 9.84 Å². The van der Waals surface area contributed by atoms with Crippen molar-refractivity contribution in [2.75, 3.05) is 0 Å². The zero-order chi connectivity index (χ0) is 13.1. The topological polar surface area (TPSA) is 59.4 Å². The van der Waals surface area contributed by atoms with Crippen molar-refractivity contribution in [1.29, 1.82) is 0 Å². The van der Waals surface area contributed by atoms with Crippen molar-refractivity contribution >= 4 is 21.9 Å². The molecule has 1 N–H and O–H groups in total. The Morgan fingerprint density at radius 2 is 2.17 bits per heavy atom. The maximum absolute atomic E-state index is 13.6. The second-order valence-electron chi connectivity index (χ2n) is 3.36. The predicted octanol–water partition coefficient (Wildman–Crippen LogP) is 3.47. The number of benzene rings is 1. The zero-order valence-electron chi connectivity index (χ0n) is 8.93. The van der Waals surface area contributed by atoms with Crippen molar-refractivity contribution in [3.05, 3.63) is 52.5 Å². The molecule has 6 heteroatoms. The van der Waals surface area contributed by atoms with Crippen molar-refractivity contribution in [3.63, 3.8) is 0 Å². The van der Waals surface area contributed by atoms with Crippen LogP contribution in [0.1, 0.15) is 10.4 Å². The lowest BCUT2D eigenvalue weighted by Crippen LogP contribution is -2.02. The van der Waals surface area contributed by atoms with Crippen LogP contribution in [0.25, 0.3) is 0 Å². The van der Waals surface area contributed by atoms with Gasteiger partial charge in [-0.15, -0.1) is 0 Å². The molecule has 1 heterocycles. The first-order chi connectivity index (χ1) is 8.58. The maximum atomic E-state index is 13.6. The minimum atomic E-state index is -1.26. The van der Waals surface area contributed by atoms with Gasteiger partial charge in [0.2, 0.25) is 0 Å². The summed E-state index contributed by atoms with van der Waals surface area (Å²) in [5.74, 6) is -2.08. The second-order valence-corrected chi connectivity index (χ2v) is 4.28. The molecule has 0 aliphatic rings. The molecule has 0 unspecified atom stereocenters. The molecule has 18 heavy (non-hydrogen) atoms. The first kappa shape index (κ1) is 12.5. The smallest absolute Gasteiger partial charge is 0.339 e. The largest absolute Gasteiger partial charge is 0.478 e. The van der Waals surface area contributed by atoms with E-state index in [9.17, 15) is 9.18 Å². The summed E-state index contributed by atoms with van der Waals surface area (Å²) in [4.78, 5) is 14.8. The third-order valence-electron chi connectivity index (χ3n) is 2.10. The van der Waals surface area contributed by atoms with Gasteiger partial charge in [0.05, 0.1) is 6.20 Å². The summed E-state index contributed by atoms with van der Waals surface area (Å²) in [5, 5.41) is 8.95. The summed E-state index contributed by atoms with van der Waals surface area (Å²) in [6, 6.07) is 5.27. The van der Waals surface area contributed by atoms with Crippen LogP contribution < -0.4 is 4.74 Å². The highest BCUT2D eigenvalue weighted by Crippen LogP contribution is 2.29. The Bertz CT molecular complexity index is 604. The van der Waals surface area contributed by atoms with Crippen LogP contribution in [0.2, 0.25) is 0 Å². The first-order valence-electron chi connectivity index (χ1n) is 4.88. The molecular formula is C12H7BrFNO3. The fourth-order valence-electron chi connectivity index (χ4n) is 1.35. The van der Waals surface area contributed by atoms with Crippen molar-refractivity contribution in [2.45, 2.75) is 0 Å². The van der Waals surface area contributed by atoms with E-state index < -0.39 is 11.8 Å². The number of ether oxygens (including phenoxy) is 1. The van der Waals surface area contributed by atoms with E-state index in [1.54, 1.807) is 6.07 Å². The van der Waals surface area contributed by atoms with Crippen LogP contribution in [-0.2, 0) is 0 Å². The molecule has 0 fully saturated rings. The quantitative estimate of drug-likeness (QED) is 0.943. The van der Waals surface area contributed by atoms with Crippen LogP contribution in [0.5, 0.6) is 11.5 Å². The van der Waals surface area contributed by atoms with Crippen LogP contribution in [0, 0.1) is 5.82 Å². The number of rotatable bonds is 3. The molecule has 0 amide bonds. The summed E-state index contributed by atoms with van der Waals surface area (Å²) in [6.45, 7) is 0. The number of carboxylic acid groups (broad SMARTS) is 1. The molecule has 0 spiro atoms. The highest BCUT2D eigenvalue weighted by atomic mass is 79.9. The van der Waals surface area contributed by atoms with E-state index in [0.717, 1.165) is 6.07 Å². The summed E-state index contributed by atoms with van der Waals surface area (Å²) in [5.41, 5.74) is -0.241. The molecule has 0 saturated carbocycles. The molecule has 2 aromatic rings. The number of hydrogen-bond donors (Lipinski definition) is 1. The van der Waals surface area contributed by atoms with Gasteiger partial charge in [0, 0.05) is 10.7 Å². The van der Waals surface area contributed by atoms with E-state index in [1.165, 1.54) is 24.5 Å². The van der Waals surface area contributed by atoms with E-state index in [0.29, 0.717) is 4.47 Å². The van der Waals surface area contributed by atoms with Gasteiger partial charge >= 0.3 is 5.97 Å². The molecular weight excluding hydrogens is 305 g/mol. The second kappa shape index (κ2) is 5.14. The van der Waals surface area contributed by atoms with Gasteiger partial charge in [0.1, 0.15) is 11.3 Å². The summed E-state index contributed by atoms with van der Waals surface area (Å²) in [6.07, 6.45) is 2.90. The zero-order valence-corrected chi connectivity index (χ0v) is 10.5. The molecule has 0 saturated heterocycles. The number of pyridine rings is 1. The number of hydrogen-bond acceptors (Lipinski definition) is 3. The maximum Gasteiger partial charge on any atom is 0.339 e. The first-order valence-corrected chi connectivity index (χ1v) is 5.67. The molecule has 0 aliphatic heterocycles. The van der Waals surface area contributed by atoms with Crippen LogP contribution in [-0.4, -0.2) is 16.1 Å². The lowest BCUT2D eigenvalue weighted by atomic mass is 10.2. The van der Waals surface area contributed by atoms with Gasteiger partial charge in [0.15, 0.2) is 11.6 Å². The fraction of sp³-hybridized carbons (Fsp3) is 0. The Hall–Kier alpha value is -1.95. The van der Waals surface area contributed by atoms with Crippen molar-refractivity contribution in [1.82, 2.24) is 4.98 Å². The summed E-state index contributed by atoms with van der Waals surface area (Å²) in [7, 11) is 0. The number of nitrogens with zero attached hydrogens (tertiary/aromatic N) is 1. The lowest BCUT2D eigenvalue weighted by molar-refractivity contribution is 0.0693. The molecule has 0 radical (unpaired) electrons. The Balaban J connectivity index is 2.42. The van der Waals surface area contributed by atoms with Crippen molar-refractivity contribution in [2.24, 2.45) is 0 Å². The molecule has 92 valence electrons. The Labute approximate surface area is 110 Å². The lowest BCUT2D eigenvalue weighted by Gasteiger charge is -2.09. The molecule has 1 aromatic heterocycles. The van der Waals surface area contributed by atoms with Gasteiger partial charge in [-0.3, -0.25) is 4.98 Å². The summed E-state index contributed by atoms with van der Waals surface area (Å²) >= 11 is 3.19. The highest BCUT2D eigenvalue weighted by Gasteiger charge is 2.16.